The van der Waals surface area contributed by atoms with Gasteiger partial charge in [0.2, 0.25) is 0 Å². The van der Waals surface area contributed by atoms with Crippen LogP contribution in [0.2, 0.25) is 0 Å². The van der Waals surface area contributed by atoms with Crippen molar-refractivity contribution >= 4 is 11.3 Å². The van der Waals surface area contributed by atoms with E-state index >= 15 is 0 Å². The van der Waals surface area contributed by atoms with Crippen molar-refractivity contribution in [3.63, 3.8) is 0 Å². The van der Waals surface area contributed by atoms with Crippen molar-refractivity contribution in [2.75, 3.05) is 0 Å². The lowest BCUT2D eigenvalue weighted by Crippen LogP contribution is -2.09. The lowest BCUT2D eigenvalue weighted by Gasteiger charge is -2.04. The van der Waals surface area contributed by atoms with E-state index in [1.54, 1.807) is 11.3 Å². The number of hydrogen-bond donors (Lipinski definition) is 1. The highest BCUT2D eigenvalue weighted by Gasteiger charge is 2.10. The molecule has 2 N–H and O–H groups in total. The summed E-state index contributed by atoms with van der Waals surface area (Å²) in [6.07, 6.45) is 2.10. The molecule has 84 valence electrons. The molecule has 16 heavy (non-hydrogen) atoms. The number of aromatic nitrogens is 1. The molecular formula is C13H16N2S. The molecule has 0 aliphatic heterocycles. The van der Waals surface area contributed by atoms with Gasteiger partial charge in [0.1, 0.15) is 5.01 Å². The molecule has 0 aliphatic carbocycles. The third-order valence-corrected chi connectivity index (χ3v) is 3.49. The van der Waals surface area contributed by atoms with Crippen molar-refractivity contribution in [3.05, 3.63) is 40.7 Å². The van der Waals surface area contributed by atoms with Crippen molar-refractivity contribution < 1.29 is 0 Å². The van der Waals surface area contributed by atoms with Crippen LogP contribution in [-0.2, 0) is 0 Å². The Labute approximate surface area is 100 Å². The van der Waals surface area contributed by atoms with E-state index in [-0.39, 0.29) is 6.04 Å². The molecule has 1 atom stereocenters. The molecular weight excluding hydrogens is 216 g/mol. The van der Waals surface area contributed by atoms with Crippen LogP contribution >= 0.6 is 11.3 Å². The third kappa shape index (κ3) is 2.49. The van der Waals surface area contributed by atoms with Crippen molar-refractivity contribution in [2.45, 2.75) is 25.8 Å². The summed E-state index contributed by atoms with van der Waals surface area (Å²) in [6.45, 7) is 2.14. The summed E-state index contributed by atoms with van der Waals surface area (Å²) in [5, 5.41) is 3.13. The Kier molecular flexibility index (Phi) is 3.70. The van der Waals surface area contributed by atoms with Crippen LogP contribution in [0.1, 0.15) is 30.8 Å². The molecule has 0 saturated carbocycles. The largest absolute Gasteiger partial charge is 0.322 e. The van der Waals surface area contributed by atoms with Gasteiger partial charge in [0.05, 0.1) is 11.7 Å². The molecule has 2 aromatic rings. The standard InChI is InChI=1S/C13H16N2S/c1-2-6-11(14)13-15-12(9-16-13)10-7-4-3-5-8-10/h3-5,7-9,11H,2,6,14H2,1H3. The second-order valence-electron chi connectivity index (χ2n) is 3.83. The van der Waals surface area contributed by atoms with Gasteiger partial charge in [-0.25, -0.2) is 4.98 Å². The Morgan fingerprint density at radius 2 is 2.06 bits per heavy atom. The van der Waals surface area contributed by atoms with Gasteiger partial charge in [0, 0.05) is 10.9 Å². The highest BCUT2D eigenvalue weighted by molar-refractivity contribution is 7.10. The predicted molar refractivity (Wildman–Crippen MR) is 69.4 cm³/mol. The van der Waals surface area contributed by atoms with Gasteiger partial charge in [-0.3, -0.25) is 0 Å². The van der Waals surface area contributed by atoms with Crippen molar-refractivity contribution in [1.29, 1.82) is 0 Å². The van der Waals surface area contributed by atoms with Gasteiger partial charge in [-0.05, 0) is 6.42 Å². The van der Waals surface area contributed by atoms with Gasteiger partial charge < -0.3 is 5.73 Å². The molecule has 0 amide bonds. The average molecular weight is 232 g/mol. The van der Waals surface area contributed by atoms with E-state index < -0.39 is 0 Å². The molecule has 0 aliphatic rings. The Morgan fingerprint density at radius 3 is 2.75 bits per heavy atom. The first kappa shape index (κ1) is 11.3. The van der Waals surface area contributed by atoms with E-state index in [0.29, 0.717) is 0 Å². The summed E-state index contributed by atoms with van der Waals surface area (Å²) < 4.78 is 0. The van der Waals surface area contributed by atoms with Crippen LogP contribution in [0, 0.1) is 0 Å². The summed E-state index contributed by atoms with van der Waals surface area (Å²) in [5.41, 5.74) is 8.24. The SMILES string of the molecule is CCCC(N)c1nc(-c2ccccc2)cs1. The number of nitrogens with zero attached hydrogens (tertiary/aromatic N) is 1. The fourth-order valence-corrected chi connectivity index (χ4v) is 2.50. The predicted octanol–water partition coefficient (Wildman–Crippen LogP) is 3.61. The zero-order valence-electron chi connectivity index (χ0n) is 9.39. The lowest BCUT2D eigenvalue weighted by atomic mass is 10.1. The highest BCUT2D eigenvalue weighted by atomic mass is 32.1. The van der Waals surface area contributed by atoms with Gasteiger partial charge in [0.15, 0.2) is 0 Å². The zero-order valence-corrected chi connectivity index (χ0v) is 10.2. The van der Waals surface area contributed by atoms with E-state index in [2.05, 4.69) is 29.4 Å². The maximum Gasteiger partial charge on any atom is 0.110 e. The van der Waals surface area contributed by atoms with Crippen LogP contribution in [0.25, 0.3) is 11.3 Å². The monoisotopic (exact) mass is 232 g/mol. The van der Waals surface area contributed by atoms with Gasteiger partial charge in [-0.2, -0.15) is 0 Å². The number of thiazole rings is 1. The maximum atomic E-state index is 6.04. The quantitative estimate of drug-likeness (QED) is 0.874. The minimum Gasteiger partial charge on any atom is -0.322 e. The molecule has 0 radical (unpaired) electrons. The van der Waals surface area contributed by atoms with E-state index in [9.17, 15) is 0 Å². The molecule has 0 spiro atoms. The fraction of sp³-hybridized carbons (Fsp3) is 0.308. The Hall–Kier alpha value is -1.19. The van der Waals surface area contributed by atoms with Crippen LogP contribution in [0.3, 0.4) is 0 Å². The molecule has 2 nitrogen and oxygen atoms in total. The summed E-state index contributed by atoms with van der Waals surface area (Å²) in [4.78, 5) is 4.59. The number of nitrogens with two attached hydrogens (primary N) is 1. The van der Waals surface area contributed by atoms with Crippen molar-refractivity contribution in [1.82, 2.24) is 4.98 Å². The van der Waals surface area contributed by atoms with E-state index in [1.165, 1.54) is 0 Å². The highest BCUT2D eigenvalue weighted by Crippen LogP contribution is 2.26. The maximum absolute atomic E-state index is 6.04. The Bertz CT molecular complexity index is 436. The van der Waals surface area contributed by atoms with Gasteiger partial charge >= 0.3 is 0 Å². The van der Waals surface area contributed by atoms with Crippen LogP contribution in [0.4, 0.5) is 0 Å². The second-order valence-corrected chi connectivity index (χ2v) is 4.72. The minimum atomic E-state index is 0.0902. The summed E-state index contributed by atoms with van der Waals surface area (Å²) in [6, 6.07) is 10.3. The van der Waals surface area contributed by atoms with Crippen LogP contribution in [-0.4, -0.2) is 4.98 Å². The smallest absolute Gasteiger partial charge is 0.110 e. The van der Waals surface area contributed by atoms with Crippen LogP contribution in [0.15, 0.2) is 35.7 Å². The van der Waals surface area contributed by atoms with E-state index in [4.69, 9.17) is 5.73 Å². The minimum absolute atomic E-state index is 0.0902. The topological polar surface area (TPSA) is 38.9 Å². The fourth-order valence-electron chi connectivity index (χ4n) is 1.63. The Balaban J connectivity index is 2.20. The van der Waals surface area contributed by atoms with Crippen LogP contribution in [0.5, 0.6) is 0 Å². The number of hydrogen-bond acceptors (Lipinski definition) is 3. The first-order valence-corrected chi connectivity index (χ1v) is 6.45. The molecule has 0 saturated heterocycles. The molecule has 1 unspecified atom stereocenters. The number of benzene rings is 1. The summed E-state index contributed by atoms with van der Waals surface area (Å²) in [5.74, 6) is 0. The second kappa shape index (κ2) is 5.23. The molecule has 3 heteroatoms. The molecule has 1 aromatic heterocycles. The van der Waals surface area contributed by atoms with Crippen molar-refractivity contribution in [2.24, 2.45) is 5.73 Å². The molecule has 1 aromatic carbocycles. The molecule has 1 heterocycles. The van der Waals surface area contributed by atoms with E-state index in [1.807, 2.05) is 18.2 Å². The Morgan fingerprint density at radius 1 is 1.31 bits per heavy atom. The van der Waals surface area contributed by atoms with Gasteiger partial charge in [-0.1, -0.05) is 43.7 Å². The summed E-state index contributed by atoms with van der Waals surface area (Å²) >= 11 is 1.66. The third-order valence-electron chi connectivity index (χ3n) is 2.51. The first-order chi connectivity index (χ1) is 7.81. The lowest BCUT2D eigenvalue weighted by molar-refractivity contribution is 0.635. The average Bonchev–Trinajstić information content (AvgIpc) is 2.80. The normalized spacial score (nSPS) is 12.6. The molecule has 0 fully saturated rings. The zero-order chi connectivity index (χ0) is 11.4. The van der Waals surface area contributed by atoms with E-state index in [0.717, 1.165) is 29.1 Å². The van der Waals surface area contributed by atoms with Crippen molar-refractivity contribution in [3.8, 4) is 11.3 Å². The molecule has 0 bridgehead atoms. The van der Waals surface area contributed by atoms with Gasteiger partial charge in [0.25, 0.3) is 0 Å². The number of rotatable bonds is 4. The summed E-state index contributed by atoms with van der Waals surface area (Å²) in [7, 11) is 0. The van der Waals surface area contributed by atoms with Gasteiger partial charge in [-0.15, -0.1) is 11.3 Å². The molecule has 2 rings (SSSR count). The van der Waals surface area contributed by atoms with Crippen LogP contribution < -0.4 is 5.73 Å². The first-order valence-electron chi connectivity index (χ1n) is 5.57.